The molecule has 4 aromatic rings. The molecule has 170 valence electrons. The van der Waals surface area contributed by atoms with E-state index in [1.165, 1.54) is 4.90 Å². The lowest BCUT2D eigenvalue weighted by molar-refractivity contribution is -0.116. The van der Waals surface area contributed by atoms with Gasteiger partial charge < -0.3 is 5.32 Å². The highest BCUT2D eigenvalue weighted by Gasteiger charge is 2.32. The maximum Gasteiger partial charge on any atom is 0.261 e. The minimum Gasteiger partial charge on any atom is -0.325 e. The molecule has 0 unspecified atom stereocenters. The van der Waals surface area contributed by atoms with E-state index >= 15 is 0 Å². The second-order valence-electron chi connectivity index (χ2n) is 8.37. The molecule has 2 aromatic carbocycles. The van der Waals surface area contributed by atoms with E-state index in [9.17, 15) is 14.4 Å². The van der Waals surface area contributed by atoms with E-state index in [1.54, 1.807) is 35.1 Å². The minimum absolute atomic E-state index is 0.169. The number of hydrogen-bond acceptors (Lipinski definition) is 5. The Morgan fingerprint density at radius 2 is 1.68 bits per heavy atom. The molecule has 0 atom stereocenters. The van der Waals surface area contributed by atoms with E-state index < -0.39 is 0 Å². The average molecular weight is 454 g/mol. The number of amides is 3. The number of aryl methyl sites for hydroxylation is 2. The summed E-state index contributed by atoms with van der Waals surface area (Å²) in [5, 5.41) is 8.78. The summed E-state index contributed by atoms with van der Waals surface area (Å²) in [6.07, 6.45) is 2.11. The van der Waals surface area contributed by atoms with Gasteiger partial charge in [0.25, 0.3) is 11.8 Å². The Labute approximate surface area is 196 Å². The molecule has 5 rings (SSSR count). The Kier molecular flexibility index (Phi) is 5.41. The smallest absolute Gasteiger partial charge is 0.261 e. The number of rotatable bonds is 6. The molecule has 0 aliphatic carbocycles. The van der Waals surface area contributed by atoms with Gasteiger partial charge >= 0.3 is 0 Å². The predicted octanol–water partition coefficient (Wildman–Crippen LogP) is 4.05. The summed E-state index contributed by atoms with van der Waals surface area (Å²) in [5.41, 5.74) is 3.49. The highest BCUT2D eigenvalue weighted by molar-refractivity contribution is 6.25. The van der Waals surface area contributed by atoms with Crippen molar-refractivity contribution < 1.29 is 14.4 Å². The maximum atomic E-state index is 12.9. The van der Waals surface area contributed by atoms with Crippen molar-refractivity contribution in [2.45, 2.75) is 26.7 Å². The topological polar surface area (TPSA) is 97.2 Å². The van der Waals surface area contributed by atoms with Crippen LogP contribution in [0.15, 0.2) is 60.8 Å². The molecule has 3 heterocycles. The van der Waals surface area contributed by atoms with Gasteiger partial charge in [0.15, 0.2) is 5.82 Å². The maximum absolute atomic E-state index is 12.9. The summed E-state index contributed by atoms with van der Waals surface area (Å²) in [7, 11) is 0. The van der Waals surface area contributed by atoms with Crippen LogP contribution in [0.3, 0.4) is 0 Å². The monoisotopic (exact) mass is 453 g/mol. The predicted molar refractivity (Wildman–Crippen MR) is 128 cm³/mol. The quantitative estimate of drug-likeness (QED) is 0.444. The molecular weight excluding hydrogens is 430 g/mol. The Hall–Kier alpha value is -4.33. The van der Waals surface area contributed by atoms with Crippen molar-refractivity contribution in [3.8, 4) is 5.82 Å². The zero-order chi connectivity index (χ0) is 23.8. The summed E-state index contributed by atoms with van der Waals surface area (Å²) in [6.45, 7) is 4.04. The first kappa shape index (κ1) is 21.5. The third kappa shape index (κ3) is 3.83. The van der Waals surface area contributed by atoms with Gasteiger partial charge in [-0.3, -0.25) is 19.3 Å². The first-order valence-corrected chi connectivity index (χ1v) is 11.1. The fourth-order valence-corrected chi connectivity index (χ4v) is 4.35. The third-order valence-corrected chi connectivity index (χ3v) is 5.90. The van der Waals surface area contributed by atoms with E-state index in [2.05, 4.69) is 15.4 Å². The highest BCUT2D eigenvalue weighted by Crippen LogP contribution is 2.30. The average Bonchev–Trinajstić information content (AvgIpc) is 3.17. The molecule has 0 radical (unpaired) electrons. The van der Waals surface area contributed by atoms with Crippen LogP contribution in [-0.4, -0.2) is 43.9 Å². The van der Waals surface area contributed by atoms with E-state index in [0.717, 1.165) is 16.8 Å². The van der Waals surface area contributed by atoms with Gasteiger partial charge in [0.1, 0.15) is 0 Å². The van der Waals surface area contributed by atoms with Gasteiger partial charge in [-0.15, -0.1) is 0 Å². The molecule has 1 N–H and O–H groups in total. The van der Waals surface area contributed by atoms with Crippen molar-refractivity contribution in [1.29, 1.82) is 0 Å². The van der Waals surface area contributed by atoms with Crippen molar-refractivity contribution in [3.63, 3.8) is 0 Å². The number of pyridine rings is 1. The lowest BCUT2D eigenvalue weighted by Crippen LogP contribution is -2.41. The summed E-state index contributed by atoms with van der Waals surface area (Å²) < 4.78 is 1.74. The fourth-order valence-electron chi connectivity index (χ4n) is 4.35. The first-order chi connectivity index (χ1) is 16.4. The van der Waals surface area contributed by atoms with E-state index in [1.807, 2.05) is 44.2 Å². The van der Waals surface area contributed by atoms with Crippen LogP contribution < -0.4 is 5.32 Å². The molecular formula is C26H23N5O3. The van der Waals surface area contributed by atoms with Crippen LogP contribution in [0.2, 0.25) is 0 Å². The molecule has 2 aromatic heterocycles. The molecule has 3 amide bonds. The second kappa shape index (κ2) is 8.55. The molecule has 0 spiro atoms. The number of anilines is 1. The minimum atomic E-state index is -0.321. The Bertz CT molecular complexity index is 1390. The van der Waals surface area contributed by atoms with Crippen LogP contribution in [0.25, 0.3) is 16.6 Å². The lowest BCUT2D eigenvalue weighted by atomic mass is 9.94. The van der Waals surface area contributed by atoms with Gasteiger partial charge in [-0.25, -0.2) is 9.67 Å². The van der Waals surface area contributed by atoms with Crippen molar-refractivity contribution in [1.82, 2.24) is 19.7 Å². The van der Waals surface area contributed by atoms with Crippen LogP contribution in [-0.2, 0) is 4.79 Å². The van der Waals surface area contributed by atoms with Gasteiger partial charge in [0.05, 0.1) is 17.6 Å². The molecule has 8 nitrogen and oxygen atoms in total. The normalized spacial score (nSPS) is 12.9. The largest absolute Gasteiger partial charge is 0.325 e. The number of hydrogen-bond donors (Lipinski definition) is 1. The zero-order valence-electron chi connectivity index (χ0n) is 18.9. The number of benzene rings is 2. The molecule has 0 fully saturated rings. The number of carbonyl (C=O) groups is 3. The summed E-state index contributed by atoms with van der Waals surface area (Å²) in [5.74, 6) is -0.182. The van der Waals surface area contributed by atoms with Crippen molar-refractivity contribution in [3.05, 3.63) is 83.3 Å². The van der Waals surface area contributed by atoms with Gasteiger partial charge in [0.2, 0.25) is 5.91 Å². The van der Waals surface area contributed by atoms with Crippen LogP contribution >= 0.6 is 0 Å². The Morgan fingerprint density at radius 3 is 2.26 bits per heavy atom. The highest BCUT2D eigenvalue weighted by atomic mass is 16.2. The molecule has 0 bridgehead atoms. The first-order valence-electron chi connectivity index (χ1n) is 11.1. The zero-order valence-corrected chi connectivity index (χ0v) is 18.9. The number of aromatic nitrogens is 3. The molecule has 8 heteroatoms. The summed E-state index contributed by atoms with van der Waals surface area (Å²) in [4.78, 5) is 43.9. The van der Waals surface area contributed by atoms with Crippen LogP contribution in [0.1, 0.15) is 44.9 Å². The molecule has 34 heavy (non-hydrogen) atoms. The van der Waals surface area contributed by atoms with Gasteiger partial charge in [-0.05, 0) is 56.0 Å². The Morgan fingerprint density at radius 1 is 0.971 bits per heavy atom. The SMILES string of the molecule is Cc1cc(C)n(-c2ccc(NC(=O)CCCN3C(=O)c4cccc5cccc(c45)C3=O)cn2)n1. The Balaban J connectivity index is 1.20. The van der Waals surface area contributed by atoms with Crippen molar-refractivity contribution in [2.24, 2.45) is 0 Å². The van der Waals surface area contributed by atoms with Crippen molar-refractivity contribution >= 4 is 34.2 Å². The van der Waals surface area contributed by atoms with Gasteiger partial charge in [-0.2, -0.15) is 5.10 Å². The number of carbonyl (C=O) groups excluding carboxylic acids is 3. The third-order valence-electron chi connectivity index (χ3n) is 5.90. The van der Waals surface area contributed by atoms with Crippen LogP contribution in [0, 0.1) is 13.8 Å². The van der Waals surface area contributed by atoms with E-state index in [-0.39, 0.29) is 30.7 Å². The standard InChI is InChI=1S/C26H23N5O3/c1-16-14-17(2)31(29-16)22-12-11-19(15-27-22)28-23(32)10-5-13-30-25(33)20-8-3-6-18-7-4-9-21(24(18)20)26(30)34/h3-4,6-9,11-12,14-15H,5,10,13H2,1-2H3,(H,28,32). The van der Waals surface area contributed by atoms with Crippen LogP contribution in [0.4, 0.5) is 5.69 Å². The van der Waals surface area contributed by atoms with Gasteiger partial charge in [0, 0.05) is 35.2 Å². The molecule has 1 aliphatic rings. The fraction of sp³-hybridized carbons (Fsp3) is 0.192. The van der Waals surface area contributed by atoms with E-state index in [0.29, 0.717) is 34.4 Å². The van der Waals surface area contributed by atoms with E-state index in [4.69, 9.17) is 0 Å². The number of imide groups is 1. The van der Waals surface area contributed by atoms with Crippen LogP contribution in [0.5, 0.6) is 0 Å². The lowest BCUT2D eigenvalue weighted by Gasteiger charge is -2.27. The summed E-state index contributed by atoms with van der Waals surface area (Å²) in [6, 6.07) is 16.4. The molecule has 0 saturated carbocycles. The molecule has 1 aliphatic heterocycles. The van der Waals surface area contributed by atoms with Crippen molar-refractivity contribution in [2.75, 3.05) is 11.9 Å². The summed E-state index contributed by atoms with van der Waals surface area (Å²) >= 11 is 0. The number of nitrogens with one attached hydrogen (secondary N) is 1. The number of nitrogens with zero attached hydrogens (tertiary/aromatic N) is 4. The molecule has 0 saturated heterocycles. The van der Waals surface area contributed by atoms with Gasteiger partial charge in [-0.1, -0.05) is 24.3 Å². The second-order valence-corrected chi connectivity index (χ2v) is 8.37.